The maximum Gasteiger partial charge on any atom is 0.122 e. The number of hydrogen-bond acceptors (Lipinski definition) is 2. The minimum Gasteiger partial charge on any atom is -0.496 e. The zero-order valence-corrected chi connectivity index (χ0v) is 11.9. The van der Waals surface area contributed by atoms with Crippen LogP contribution >= 0.6 is 0 Å². The lowest BCUT2D eigenvalue weighted by atomic mass is 9.92. The highest BCUT2D eigenvalue weighted by Gasteiger charge is 2.38. The standard InChI is InChI=1S/C16H24O2/c1-5-12-7-8-15(17-4)13(10-12)11(3)9-16-14(6-2)18-16/h7-8,10-11,14,16H,5-6,9H2,1-4H3. The molecule has 0 spiro atoms. The third-order valence-corrected chi connectivity index (χ3v) is 3.91. The Morgan fingerprint density at radius 3 is 2.61 bits per heavy atom. The van der Waals surface area contributed by atoms with Gasteiger partial charge in [0, 0.05) is 0 Å². The Kier molecular flexibility index (Phi) is 4.28. The van der Waals surface area contributed by atoms with E-state index in [2.05, 4.69) is 39.0 Å². The topological polar surface area (TPSA) is 21.8 Å². The van der Waals surface area contributed by atoms with Crippen molar-refractivity contribution in [2.45, 2.75) is 58.2 Å². The molecule has 1 heterocycles. The van der Waals surface area contributed by atoms with E-state index in [-0.39, 0.29) is 0 Å². The molecule has 1 saturated heterocycles. The van der Waals surface area contributed by atoms with E-state index < -0.39 is 0 Å². The molecule has 2 heteroatoms. The maximum atomic E-state index is 5.65. The van der Waals surface area contributed by atoms with Crippen molar-refractivity contribution in [3.05, 3.63) is 29.3 Å². The first kappa shape index (κ1) is 13.4. The lowest BCUT2D eigenvalue weighted by molar-refractivity contribution is 0.350. The molecule has 0 N–H and O–H groups in total. The number of benzene rings is 1. The van der Waals surface area contributed by atoms with Crippen molar-refractivity contribution in [1.29, 1.82) is 0 Å². The SMILES string of the molecule is CCc1ccc(OC)c(C(C)CC2OC2CC)c1. The average Bonchev–Trinajstić information content (AvgIpc) is 3.16. The van der Waals surface area contributed by atoms with E-state index in [0.717, 1.165) is 25.0 Å². The van der Waals surface area contributed by atoms with Gasteiger partial charge in [-0.3, -0.25) is 0 Å². The van der Waals surface area contributed by atoms with Crippen molar-refractivity contribution >= 4 is 0 Å². The second-order valence-electron chi connectivity index (χ2n) is 5.19. The van der Waals surface area contributed by atoms with Gasteiger partial charge in [0.25, 0.3) is 0 Å². The number of ether oxygens (including phenoxy) is 2. The lowest BCUT2D eigenvalue weighted by Crippen LogP contribution is -2.04. The molecule has 3 unspecified atom stereocenters. The number of epoxide rings is 1. The lowest BCUT2D eigenvalue weighted by Gasteiger charge is -2.16. The molecule has 18 heavy (non-hydrogen) atoms. The van der Waals surface area contributed by atoms with Gasteiger partial charge in [-0.25, -0.2) is 0 Å². The molecule has 2 nitrogen and oxygen atoms in total. The van der Waals surface area contributed by atoms with Crippen LogP contribution < -0.4 is 4.74 Å². The van der Waals surface area contributed by atoms with Gasteiger partial charge >= 0.3 is 0 Å². The number of hydrogen-bond donors (Lipinski definition) is 0. The van der Waals surface area contributed by atoms with Gasteiger partial charge in [0.1, 0.15) is 5.75 Å². The summed E-state index contributed by atoms with van der Waals surface area (Å²) in [5, 5.41) is 0. The highest BCUT2D eigenvalue weighted by Crippen LogP contribution is 2.37. The number of rotatable bonds is 6. The van der Waals surface area contributed by atoms with E-state index in [1.165, 1.54) is 11.1 Å². The minimum atomic E-state index is 0.458. The predicted molar refractivity (Wildman–Crippen MR) is 74.4 cm³/mol. The predicted octanol–water partition coefficient (Wildman–Crippen LogP) is 3.93. The molecule has 1 aromatic carbocycles. The van der Waals surface area contributed by atoms with Gasteiger partial charge < -0.3 is 9.47 Å². The summed E-state index contributed by atoms with van der Waals surface area (Å²) in [5.41, 5.74) is 2.70. The zero-order chi connectivity index (χ0) is 13.1. The molecule has 0 aliphatic carbocycles. The van der Waals surface area contributed by atoms with Crippen LogP contribution in [0, 0.1) is 0 Å². The number of methoxy groups -OCH3 is 1. The van der Waals surface area contributed by atoms with Crippen molar-refractivity contribution in [3.63, 3.8) is 0 Å². The average molecular weight is 248 g/mol. The van der Waals surface area contributed by atoms with Gasteiger partial charge in [-0.05, 0) is 42.4 Å². The second kappa shape index (κ2) is 5.75. The molecule has 0 saturated carbocycles. The van der Waals surface area contributed by atoms with Crippen LogP contribution in [0.15, 0.2) is 18.2 Å². The van der Waals surface area contributed by atoms with Gasteiger partial charge in [0.15, 0.2) is 0 Å². The van der Waals surface area contributed by atoms with Gasteiger partial charge in [-0.2, -0.15) is 0 Å². The zero-order valence-electron chi connectivity index (χ0n) is 11.9. The van der Waals surface area contributed by atoms with Crippen LogP contribution in [0.3, 0.4) is 0 Å². The Balaban J connectivity index is 2.10. The highest BCUT2D eigenvalue weighted by atomic mass is 16.6. The van der Waals surface area contributed by atoms with Crippen LogP contribution in [0.2, 0.25) is 0 Å². The third kappa shape index (κ3) is 2.86. The van der Waals surface area contributed by atoms with Crippen LogP contribution in [0.1, 0.15) is 50.7 Å². The summed E-state index contributed by atoms with van der Waals surface area (Å²) in [5.74, 6) is 1.50. The van der Waals surface area contributed by atoms with Crippen LogP contribution in [0.5, 0.6) is 5.75 Å². The molecule has 0 amide bonds. The normalized spacial score (nSPS) is 23.8. The summed E-state index contributed by atoms with van der Waals surface area (Å²) >= 11 is 0. The van der Waals surface area contributed by atoms with Crippen LogP contribution in [-0.2, 0) is 11.2 Å². The summed E-state index contributed by atoms with van der Waals surface area (Å²) in [7, 11) is 1.75. The van der Waals surface area contributed by atoms with Crippen LogP contribution in [-0.4, -0.2) is 19.3 Å². The molecule has 3 atom stereocenters. The maximum absolute atomic E-state index is 5.65. The summed E-state index contributed by atoms with van der Waals surface area (Å²) in [6.45, 7) is 6.65. The molecule has 100 valence electrons. The molecule has 1 aliphatic heterocycles. The third-order valence-electron chi connectivity index (χ3n) is 3.91. The summed E-state index contributed by atoms with van der Waals surface area (Å²) in [6, 6.07) is 6.53. The second-order valence-corrected chi connectivity index (χ2v) is 5.19. The van der Waals surface area contributed by atoms with Crippen molar-refractivity contribution in [2.75, 3.05) is 7.11 Å². The van der Waals surface area contributed by atoms with E-state index in [1.54, 1.807) is 7.11 Å². The fourth-order valence-electron chi connectivity index (χ4n) is 2.61. The Morgan fingerprint density at radius 1 is 1.28 bits per heavy atom. The summed E-state index contributed by atoms with van der Waals surface area (Å²) < 4.78 is 11.1. The van der Waals surface area contributed by atoms with Gasteiger partial charge in [-0.1, -0.05) is 32.9 Å². The largest absolute Gasteiger partial charge is 0.496 e. The van der Waals surface area contributed by atoms with E-state index in [4.69, 9.17) is 9.47 Å². The molecule has 1 aromatic rings. The smallest absolute Gasteiger partial charge is 0.122 e. The minimum absolute atomic E-state index is 0.458. The molecular weight excluding hydrogens is 224 g/mol. The van der Waals surface area contributed by atoms with E-state index in [1.807, 2.05) is 0 Å². The molecule has 1 fully saturated rings. The fraction of sp³-hybridized carbons (Fsp3) is 0.625. The first-order chi connectivity index (χ1) is 8.69. The molecule has 0 bridgehead atoms. The van der Waals surface area contributed by atoms with Crippen molar-refractivity contribution < 1.29 is 9.47 Å². The van der Waals surface area contributed by atoms with Crippen molar-refractivity contribution in [2.24, 2.45) is 0 Å². The Hall–Kier alpha value is -1.02. The van der Waals surface area contributed by atoms with Gasteiger partial charge in [0.05, 0.1) is 19.3 Å². The van der Waals surface area contributed by atoms with E-state index >= 15 is 0 Å². The van der Waals surface area contributed by atoms with E-state index in [0.29, 0.717) is 18.1 Å². The number of aryl methyl sites for hydroxylation is 1. The Labute approximate surface area is 110 Å². The molecule has 1 aliphatic rings. The molecule has 0 aromatic heterocycles. The van der Waals surface area contributed by atoms with Crippen LogP contribution in [0.25, 0.3) is 0 Å². The molecular formula is C16H24O2. The molecule has 2 rings (SSSR count). The fourth-order valence-corrected chi connectivity index (χ4v) is 2.61. The first-order valence-corrected chi connectivity index (χ1v) is 7.01. The Bertz CT molecular complexity index is 400. The monoisotopic (exact) mass is 248 g/mol. The van der Waals surface area contributed by atoms with Crippen LogP contribution in [0.4, 0.5) is 0 Å². The van der Waals surface area contributed by atoms with Crippen molar-refractivity contribution in [3.8, 4) is 5.75 Å². The van der Waals surface area contributed by atoms with E-state index in [9.17, 15) is 0 Å². The Morgan fingerprint density at radius 2 is 2.06 bits per heavy atom. The summed E-state index contributed by atoms with van der Waals surface area (Å²) in [6.07, 6.45) is 4.25. The quantitative estimate of drug-likeness (QED) is 0.711. The molecule has 0 radical (unpaired) electrons. The highest BCUT2D eigenvalue weighted by molar-refractivity contribution is 5.39. The van der Waals surface area contributed by atoms with Crippen molar-refractivity contribution in [1.82, 2.24) is 0 Å². The first-order valence-electron chi connectivity index (χ1n) is 7.01. The van der Waals surface area contributed by atoms with Gasteiger partial charge in [0.2, 0.25) is 0 Å². The summed E-state index contributed by atoms with van der Waals surface area (Å²) in [4.78, 5) is 0. The van der Waals surface area contributed by atoms with Gasteiger partial charge in [-0.15, -0.1) is 0 Å².